The second-order valence-electron chi connectivity index (χ2n) is 12.9. The summed E-state index contributed by atoms with van der Waals surface area (Å²) >= 11 is 3.65. The van der Waals surface area contributed by atoms with Crippen LogP contribution in [0.25, 0.3) is 0 Å². The zero-order valence-electron chi connectivity index (χ0n) is 24.8. The van der Waals surface area contributed by atoms with E-state index in [1.807, 2.05) is 59.7 Å². The molecule has 0 aromatic carbocycles. The lowest BCUT2D eigenvalue weighted by atomic mass is 9.78. The minimum atomic E-state index is -1.08. The minimum absolute atomic E-state index is 0.0689. The summed E-state index contributed by atoms with van der Waals surface area (Å²) in [5, 5.41) is 23.3. The number of rotatable bonds is 5. The van der Waals surface area contributed by atoms with Crippen molar-refractivity contribution in [3.8, 4) is 0 Å². The van der Waals surface area contributed by atoms with Crippen LogP contribution in [0.15, 0.2) is 11.6 Å². The molecule has 0 aromatic heterocycles. The first-order valence-electron chi connectivity index (χ1n) is 14.3. The lowest BCUT2D eigenvalue weighted by molar-refractivity contribution is -0.327. The summed E-state index contributed by atoms with van der Waals surface area (Å²) in [6.45, 7) is 13.5. The normalized spacial score (nSPS) is 50.8. The maximum Gasteiger partial charge on any atom is 0.311 e. The molecule has 0 amide bonds. The number of nitrogens with zero attached hydrogens (tertiary/aromatic N) is 1. The van der Waals surface area contributed by atoms with Crippen molar-refractivity contribution in [3.63, 3.8) is 0 Å². The molecule has 4 rings (SSSR count). The Hall–Kier alpha value is -0.590. The van der Waals surface area contributed by atoms with E-state index in [-0.39, 0.29) is 18.1 Å². The topological polar surface area (TPSA) is 107 Å². The zero-order valence-corrected chi connectivity index (χ0v) is 26.4. The average Bonchev–Trinajstić information content (AvgIpc) is 3.31. The van der Waals surface area contributed by atoms with Gasteiger partial charge in [0.15, 0.2) is 12.1 Å². The molecule has 3 bridgehead atoms. The molecule has 4 aliphatic heterocycles. The molecule has 224 valence electrons. The highest BCUT2D eigenvalue weighted by Crippen LogP contribution is 2.56. The number of ether oxygens (including phenoxy) is 5. The third-order valence-electron chi connectivity index (χ3n) is 9.50. The Morgan fingerprint density at radius 1 is 1.13 bits per heavy atom. The Labute approximate surface area is 241 Å². The van der Waals surface area contributed by atoms with E-state index in [2.05, 4.69) is 22.9 Å². The van der Waals surface area contributed by atoms with Crippen LogP contribution in [0.2, 0.25) is 0 Å². The first-order chi connectivity index (χ1) is 18.1. The lowest BCUT2D eigenvalue weighted by Crippen LogP contribution is -2.59. The molecular formula is C29H48BrNO8. The number of likely N-dealkylation sites (N-methyl/N-ethyl adjacent to an activating group) is 1. The molecule has 13 atom stereocenters. The van der Waals surface area contributed by atoms with Crippen molar-refractivity contribution in [2.24, 2.45) is 17.8 Å². The number of aliphatic hydroxyl groups excluding tert-OH is 2. The zero-order chi connectivity index (χ0) is 29.1. The van der Waals surface area contributed by atoms with Crippen LogP contribution in [0, 0.1) is 17.8 Å². The predicted octanol–water partition coefficient (Wildman–Crippen LogP) is 3.39. The molecule has 3 fully saturated rings. The Kier molecular flexibility index (Phi) is 9.04. The molecule has 5 unspecified atom stereocenters. The van der Waals surface area contributed by atoms with Gasteiger partial charge in [-0.15, -0.1) is 0 Å². The maximum atomic E-state index is 13.3. The van der Waals surface area contributed by atoms with Crippen LogP contribution in [0.1, 0.15) is 67.7 Å². The maximum absolute atomic E-state index is 13.3. The van der Waals surface area contributed by atoms with E-state index in [9.17, 15) is 15.0 Å². The van der Waals surface area contributed by atoms with Gasteiger partial charge in [0.25, 0.3) is 0 Å². The number of hydrogen-bond donors (Lipinski definition) is 2. The van der Waals surface area contributed by atoms with Crippen LogP contribution in [-0.2, 0) is 28.5 Å². The van der Waals surface area contributed by atoms with E-state index in [1.54, 1.807) is 6.92 Å². The molecule has 0 aliphatic carbocycles. The molecule has 4 aliphatic rings. The molecule has 4 heterocycles. The Balaban J connectivity index is 1.79. The molecular weight excluding hydrogens is 570 g/mol. The average molecular weight is 619 g/mol. The van der Waals surface area contributed by atoms with Crippen molar-refractivity contribution in [2.75, 3.05) is 19.4 Å². The number of fused-ring (bicyclic) bond motifs is 2. The molecule has 3 saturated heterocycles. The van der Waals surface area contributed by atoms with E-state index >= 15 is 0 Å². The smallest absolute Gasteiger partial charge is 0.311 e. The van der Waals surface area contributed by atoms with Gasteiger partial charge in [0.05, 0.1) is 29.8 Å². The van der Waals surface area contributed by atoms with Gasteiger partial charge in [0.2, 0.25) is 0 Å². The van der Waals surface area contributed by atoms with Crippen LogP contribution in [-0.4, -0.2) is 100 Å². The molecule has 0 radical (unpaired) electrons. The molecule has 0 aromatic rings. The van der Waals surface area contributed by atoms with Crippen LogP contribution < -0.4 is 0 Å². The van der Waals surface area contributed by atoms with Crippen LogP contribution in [0.4, 0.5) is 0 Å². The number of cyclic esters (lactones) is 1. The summed E-state index contributed by atoms with van der Waals surface area (Å²) < 4.78 is 32.6. The van der Waals surface area contributed by atoms with E-state index in [0.29, 0.717) is 24.6 Å². The van der Waals surface area contributed by atoms with Crippen molar-refractivity contribution in [3.05, 3.63) is 11.6 Å². The van der Waals surface area contributed by atoms with E-state index in [1.165, 1.54) is 0 Å². The van der Waals surface area contributed by atoms with E-state index < -0.39 is 65.5 Å². The van der Waals surface area contributed by atoms with Gasteiger partial charge in [-0.25, -0.2) is 0 Å². The first-order valence-corrected chi connectivity index (χ1v) is 15.5. The fourth-order valence-electron chi connectivity index (χ4n) is 7.32. The molecule has 1 spiro atoms. The first kappa shape index (κ1) is 31.3. The predicted molar refractivity (Wildman–Crippen MR) is 149 cm³/mol. The number of carbonyl (C=O) groups excluding carboxylic acids is 1. The summed E-state index contributed by atoms with van der Waals surface area (Å²) in [4.78, 5) is 15.3. The highest BCUT2D eigenvalue weighted by molar-refractivity contribution is 9.09. The molecule has 9 nitrogen and oxygen atoms in total. The third kappa shape index (κ3) is 5.38. The Bertz CT molecular complexity index is 948. The fraction of sp³-hybridized carbons (Fsp3) is 0.897. The van der Waals surface area contributed by atoms with Gasteiger partial charge >= 0.3 is 5.97 Å². The summed E-state index contributed by atoms with van der Waals surface area (Å²) in [6.07, 6.45) is -0.528. The number of carbonyl (C=O) groups is 1. The summed E-state index contributed by atoms with van der Waals surface area (Å²) in [7, 11) is 3.86. The van der Waals surface area contributed by atoms with Gasteiger partial charge in [0, 0.05) is 23.2 Å². The van der Waals surface area contributed by atoms with Gasteiger partial charge in [-0.1, -0.05) is 36.7 Å². The van der Waals surface area contributed by atoms with E-state index in [0.717, 1.165) is 5.57 Å². The standard InChI is InChI=1S/C29H48BrNO8/c1-10-21-27(6)13-19(14-30)29(38-27)15(2)12-28(7,39-29)24(17(4)22(32)18(5)25(34)36-21)37-26-23(33)20(31(8)9)11-16(3)35-26/h13,15-18,20-24,26,32-33H,10-12,14H2,1-9H3/t15-,16-,17+,18-,20?,21-,22+,23-,24-,26?,27?,28?,29?/m1/s1. The fourth-order valence-corrected chi connectivity index (χ4v) is 7.87. The SMILES string of the molecule is CC[C@H]1OC(=O)[C@H](C)[C@@H](O)[C@H](C)[C@@H](OC2O[C@H](C)CC(N(C)C)[C@H]2O)C2(C)C[C@@H](C)C3(OC1(C)C=C3CBr)O2. The van der Waals surface area contributed by atoms with Crippen LogP contribution >= 0.6 is 15.9 Å². The molecule has 39 heavy (non-hydrogen) atoms. The number of halogens is 1. The van der Waals surface area contributed by atoms with E-state index in [4.69, 9.17) is 23.7 Å². The third-order valence-corrected chi connectivity index (χ3v) is 10.1. The minimum Gasteiger partial charge on any atom is -0.459 e. The number of aliphatic hydroxyl groups is 2. The van der Waals surface area contributed by atoms with Gasteiger partial charge < -0.3 is 38.8 Å². The van der Waals surface area contributed by atoms with Gasteiger partial charge in [-0.05, 0) is 72.7 Å². The van der Waals surface area contributed by atoms with Crippen molar-refractivity contribution in [2.45, 2.75) is 128 Å². The lowest BCUT2D eigenvalue weighted by Gasteiger charge is -2.47. The van der Waals surface area contributed by atoms with Crippen molar-refractivity contribution >= 4 is 21.9 Å². The molecule has 10 heteroatoms. The summed E-state index contributed by atoms with van der Waals surface area (Å²) in [5.74, 6) is -2.99. The Morgan fingerprint density at radius 2 is 1.79 bits per heavy atom. The summed E-state index contributed by atoms with van der Waals surface area (Å²) in [5.41, 5.74) is -0.894. The monoisotopic (exact) mass is 617 g/mol. The van der Waals surface area contributed by atoms with Gasteiger partial charge in [0.1, 0.15) is 17.8 Å². The van der Waals surface area contributed by atoms with Crippen molar-refractivity contribution in [1.29, 1.82) is 0 Å². The van der Waals surface area contributed by atoms with Gasteiger partial charge in [-0.3, -0.25) is 4.79 Å². The van der Waals surface area contributed by atoms with Crippen LogP contribution in [0.5, 0.6) is 0 Å². The molecule has 2 N–H and O–H groups in total. The number of esters is 1. The summed E-state index contributed by atoms with van der Waals surface area (Å²) in [6, 6.07) is -0.158. The largest absolute Gasteiger partial charge is 0.459 e. The highest BCUT2D eigenvalue weighted by Gasteiger charge is 2.65. The quantitative estimate of drug-likeness (QED) is 0.273. The highest BCUT2D eigenvalue weighted by atomic mass is 79.9. The van der Waals surface area contributed by atoms with Gasteiger partial charge in [-0.2, -0.15) is 0 Å². The molecule has 0 saturated carbocycles. The number of alkyl halides is 1. The second-order valence-corrected chi connectivity index (χ2v) is 13.4. The van der Waals surface area contributed by atoms with Crippen molar-refractivity contribution in [1.82, 2.24) is 4.90 Å². The van der Waals surface area contributed by atoms with Crippen LogP contribution in [0.3, 0.4) is 0 Å². The number of hydrogen-bond acceptors (Lipinski definition) is 9. The van der Waals surface area contributed by atoms with Crippen molar-refractivity contribution < 1.29 is 38.7 Å². The second kappa shape index (κ2) is 11.2. The Morgan fingerprint density at radius 3 is 2.38 bits per heavy atom.